The number of ether oxygens (including phenoxy) is 1. The van der Waals surface area contributed by atoms with Gasteiger partial charge < -0.3 is 10.5 Å². The summed E-state index contributed by atoms with van der Waals surface area (Å²) < 4.78 is 5.68. The Morgan fingerprint density at radius 2 is 2.00 bits per heavy atom. The smallest absolute Gasteiger partial charge is 0.147 e. The molecule has 5 heteroatoms. The summed E-state index contributed by atoms with van der Waals surface area (Å²) in [6, 6.07) is 6.95. The van der Waals surface area contributed by atoms with Gasteiger partial charge in [-0.1, -0.05) is 29.3 Å². The predicted molar refractivity (Wildman–Crippen MR) is 68.7 cm³/mol. The summed E-state index contributed by atoms with van der Waals surface area (Å²) >= 11 is 11.9. The molecule has 1 aromatic heterocycles. The first-order chi connectivity index (χ1) is 8.22. The van der Waals surface area contributed by atoms with E-state index in [2.05, 4.69) is 4.98 Å². The first-order valence-electron chi connectivity index (χ1n) is 4.97. The molecule has 2 rings (SSSR count). The average Bonchev–Trinajstić information content (AvgIpc) is 2.35. The number of rotatable bonds is 3. The van der Waals surface area contributed by atoms with Crippen LogP contribution in [0.5, 0.6) is 11.5 Å². The van der Waals surface area contributed by atoms with Crippen LogP contribution in [0.4, 0.5) is 0 Å². The van der Waals surface area contributed by atoms with E-state index in [1.165, 1.54) is 0 Å². The second-order valence-electron chi connectivity index (χ2n) is 3.34. The molecule has 0 radical (unpaired) electrons. The second kappa shape index (κ2) is 5.36. The fraction of sp³-hybridized carbons (Fsp3) is 0.0833. The highest BCUT2D eigenvalue weighted by molar-refractivity contribution is 6.42. The Kier molecular flexibility index (Phi) is 3.84. The van der Waals surface area contributed by atoms with Gasteiger partial charge in [0.25, 0.3) is 0 Å². The van der Waals surface area contributed by atoms with Crippen molar-refractivity contribution < 1.29 is 4.74 Å². The van der Waals surface area contributed by atoms with E-state index >= 15 is 0 Å². The van der Waals surface area contributed by atoms with Gasteiger partial charge in [-0.15, -0.1) is 0 Å². The fourth-order valence-corrected chi connectivity index (χ4v) is 1.68. The predicted octanol–water partition coefficient (Wildman–Crippen LogP) is 3.64. The maximum absolute atomic E-state index is 6.03. The molecular weight excluding hydrogens is 259 g/mol. The van der Waals surface area contributed by atoms with Gasteiger partial charge in [-0.3, -0.25) is 4.98 Å². The van der Waals surface area contributed by atoms with Crippen LogP contribution in [0, 0.1) is 0 Å². The molecule has 3 nitrogen and oxygen atoms in total. The quantitative estimate of drug-likeness (QED) is 0.925. The lowest BCUT2D eigenvalue weighted by atomic mass is 10.2. The van der Waals surface area contributed by atoms with E-state index in [0.29, 0.717) is 28.1 Å². The molecule has 0 saturated heterocycles. The zero-order valence-electron chi connectivity index (χ0n) is 8.86. The third-order valence-corrected chi connectivity index (χ3v) is 3.02. The topological polar surface area (TPSA) is 48.1 Å². The van der Waals surface area contributed by atoms with Crippen molar-refractivity contribution in [2.75, 3.05) is 0 Å². The van der Waals surface area contributed by atoms with Gasteiger partial charge in [-0.25, -0.2) is 0 Å². The molecule has 88 valence electrons. The van der Waals surface area contributed by atoms with Crippen molar-refractivity contribution >= 4 is 23.2 Å². The van der Waals surface area contributed by atoms with Crippen molar-refractivity contribution in [3.05, 3.63) is 52.3 Å². The van der Waals surface area contributed by atoms with Crippen LogP contribution in [0.3, 0.4) is 0 Å². The minimum Gasteiger partial charge on any atom is -0.455 e. The number of nitrogens with two attached hydrogens (primary N) is 1. The Morgan fingerprint density at radius 1 is 1.18 bits per heavy atom. The maximum atomic E-state index is 6.03. The van der Waals surface area contributed by atoms with Crippen molar-refractivity contribution in [1.29, 1.82) is 0 Å². The molecule has 0 saturated carbocycles. The monoisotopic (exact) mass is 268 g/mol. The van der Waals surface area contributed by atoms with Gasteiger partial charge in [-0.05, 0) is 18.2 Å². The number of benzene rings is 1. The summed E-state index contributed by atoms with van der Waals surface area (Å²) in [5.41, 5.74) is 6.40. The van der Waals surface area contributed by atoms with Gasteiger partial charge in [0.2, 0.25) is 0 Å². The van der Waals surface area contributed by atoms with Crippen molar-refractivity contribution in [3.63, 3.8) is 0 Å². The van der Waals surface area contributed by atoms with Gasteiger partial charge in [0.05, 0.1) is 5.02 Å². The number of pyridine rings is 1. The summed E-state index contributed by atoms with van der Waals surface area (Å²) in [6.45, 7) is 0.349. The first kappa shape index (κ1) is 12.2. The summed E-state index contributed by atoms with van der Waals surface area (Å²) in [5, 5.41) is 0.835. The Bertz CT molecular complexity index is 532. The number of nitrogens with zero attached hydrogens (tertiary/aromatic N) is 1. The van der Waals surface area contributed by atoms with Crippen LogP contribution in [0.1, 0.15) is 5.56 Å². The number of hydrogen-bond acceptors (Lipinski definition) is 3. The Labute approximate surface area is 109 Å². The average molecular weight is 269 g/mol. The molecule has 0 amide bonds. The van der Waals surface area contributed by atoms with E-state index in [9.17, 15) is 0 Å². The van der Waals surface area contributed by atoms with Crippen molar-refractivity contribution in [3.8, 4) is 11.5 Å². The van der Waals surface area contributed by atoms with E-state index in [1.807, 2.05) is 0 Å². The molecular formula is C12H10Cl2N2O. The van der Waals surface area contributed by atoms with E-state index in [4.69, 9.17) is 33.7 Å². The van der Waals surface area contributed by atoms with Gasteiger partial charge in [0.1, 0.15) is 16.5 Å². The lowest BCUT2D eigenvalue weighted by Crippen LogP contribution is -2.00. The second-order valence-corrected chi connectivity index (χ2v) is 4.13. The minimum atomic E-state index is 0.349. The molecule has 2 aromatic rings. The molecule has 0 fully saturated rings. The van der Waals surface area contributed by atoms with E-state index in [-0.39, 0.29) is 0 Å². The molecule has 0 atom stereocenters. The van der Waals surface area contributed by atoms with E-state index in [0.717, 1.165) is 5.56 Å². The summed E-state index contributed by atoms with van der Waals surface area (Å²) in [7, 11) is 0. The molecule has 1 heterocycles. The van der Waals surface area contributed by atoms with Crippen LogP contribution < -0.4 is 10.5 Å². The van der Waals surface area contributed by atoms with Gasteiger partial charge in [0.15, 0.2) is 0 Å². The fourth-order valence-electron chi connectivity index (χ4n) is 1.35. The molecule has 0 aliphatic carbocycles. The number of aromatic nitrogens is 1. The Hall–Kier alpha value is -1.29. The van der Waals surface area contributed by atoms with Crippen molar-refractivity contribution in [1.82, 2.24) is 4.98 Å². The number of hydrogen-bond donors (Lipinski definition) is 1. The normalized spacial score (nSPS) is 10.3. The first-order valence-corrected chi connectivity index (χ1v) is 5.73. The van der Waals surface area contributed by atoms with Crippen molar-refractivity contribution in [2.24, 2.45) is 5.73 Å². The molecule has 0 spiro atoms. The maximum Gasteiger partial charge on any atom is 0.147 e. The highest BCUT2D eigenvalue weighted by Crippen LogP contribution is 2.35. The Morgan fingerprint density at radius 3 is 2.76 bits per heavy atom. The number of halogens is 2. The lowest BCUT2D eigenvalue weighted by molar-refractivity contribution is 0.475. The molecule has 1 aromatic carbocycles. The minimum absolute atomic E-state index is 0.349. The molecule has 2 N–H and O–H groups in total. The highest BCUT2D eigenvalue weighted by atomic mass is 35.5. The van der Waals surface area contributed by atoms with Crippen LogP contribution in [-0.2, 0) is 6.54 Å². The van der Waals surface area contributed by atoms with Crippen molar-refractivity contribution in [2.45, 2.75) is 6.54 Å². The Balaban J connectivity index is 2.35. The van der Waals surface area contributed by atoms with E-state index < -0.39 is 0 Å². The van der Waals surface area contributed by atoms with Crippen LogP contribution in [-0.4, -0.2) is 4.98 Å². The van der Waals surface area contributed by atoms with Crippen LogP contribution in [0.2, 0.25) is 10.0 Å². The highest BCUT2D eigenvalue weighted by Gasteiger charge is 2.08. The molecule has 0 unspecified atom stereocenters. The summed E-state index contributed by atoms with van der Waals surface area (Å²) in [6.07, 6.45) is 3.29. The third-order valence-electron chi connectivity index (χ3n) is 2.21. The zero-order valence-corrected chi connectivity index (χ0v) is 10.4. The SMILES string of the molecule is NCc1cnccc1Oc1cccc(Cl)c1Cl. The molecule has 17 heavy (non-hydrogen) atoms. The van der Waals surface area contributed by atoms with Crippen LogP contribution in [0.15, 0.2) is 36.7 Å². The summed E-state index contributed by atoms with van der Waals surface area (Å²) in [5.74, 6) is 1.13. The van der Waals surface area contributed by atoms with Crippen LogP contribution in [0.25, 0.3) is 0 Å². The molecule has 0 aliphatic rings. The van der Waals surface area contributed by atoms with Gasteiger partial charge in [0, 0.05) is 24.5 Å². The standard InChI is InChI=1S/C12H10Cl2N2O/c13-9-2-1-3-11(12(9)14)17-10-4-5-16-7-8(10)6-15/h1-5,7H,6,15H2. The van der Waals surface area contributed by atoms with E-state index in [1.54, 1.807) is 36.7 Å². The van der Waals surface area contributed by atoms with Gasteiger partial charge >= 0.3 is 0 Å². The molecule has 0 aliphatic heterocycles. The van der Waals surface area contributed by atoms with Gasteiger partial charge in [-0.2, -0.15) is 0 Å². The summed E-state index contributed by atoms with van der Waals surface area (Å²) in [4.78, 5) is 3.98. The zero-order chi connectivity index (χ0) is 12.3. The third kappa shape index (κ3) is 2.69. The molecule has 0 bridgehead atoms. The largest absolute Gasteiger partial charge is 0.455 e. The lowest BCUT2D eigenvalue weighted by Gasteiger charge is -2.11. The van der Waals surface area contributed by atoms with Crippen LogP contribution >= 0.6 is 23.2 Å².